The predicted molar refractivity (Wildman–Crippen MR) is 95.2 cm³/mol. The van der Waals surface area contributed by atoms with Gasteiger partial charge in [-0.2, -0.15) is 0 Å². The molecule has 0 radical (unpaired) electrons. The van der Waals surface area contributed by atoms with Gasteiger partial charge in [-0.3, -0.25) is 4.79 Å². The lowest BCUT2D eigenvalue weighted by Crippen LogP contribution is -2.25. The van der Waals surface area contributed by atoms with E-state index in [1.807, 2.05) is 50.2 Å². The molecular formula is C20H22N2O4. The number of hydrogen-bond acceptors (Lipinski definition) is 5. The van der Waals surface area contributed by atoms with Crippen LogP contribution in [0.3, 0.4) is 0 Å². The Bertz CT molecular complexity index is 833. The second-order valence-electron chi connectivity index (χ2n) is 6.15. The summed E-state index contributed by atoms with van der Waals surface area (Å²) in [5.74, 6) is 1.43. The van der Waals surface area contributed by atoms with E-state index in [4.69, 9.17) is 13.7 Å². The molecule has 6 heteroatoms. The Kier molecular flexibility index (Phi) is 5.86. The summed E-state index contributed by atoms with van der Waals surface area (Å²) in [4.78, 5) is 12.2. The first kappa shape index (κ1) is 17.9. The molecule has 0 aliphatic carbocycles. The fraction of sp³-hybridized carbons (Fsp3) is 0.300. The Morgan fingerprint density at radius 3 is 2.73 bits per heavy atom. The van der Waals surface area contributed by atoms with Crippen LogP contribution in [0.4, 0.5) is 0 Å². The molecule has 1 N–H and O–H groups in total. The van der Waals surface area contributed by atoms with E-state index in [0.29, 0.717) is 25.5 Å². The Labute approximate surface area is 152 Å². The molecule has 26 heavy (non-hydrogen) atoms. The van der Waals surface area contributed by atoms with Gasteiger partial charge in [-0.05, 0) is 37.1 Å². The molecule has 0 atom stereocenters. The van der Waals surface area contributed by atoms with Gasteiger partial charge < -0.3 is 19.0 Å². The van der Waals surface area contributed by atoms with Crippen molar-refractivity contribution >= 4 is 5.91 Å². The Balaban J connectivity index is 1.48. The molecule has 6 nitrogen and oxygen atoms in total. The largest absolute Gasteiger partial charge is 0.467 e. The molecular weight excluding hydrogens is 332 g/mol. The minimum atomic E-state index is -0.0566. The average Bonchev–Trinajstić information content (AvgIpc) is 3.26. The number of carbonyl (C=O) groups is 1. The number of rotatable bonds is 8. The van der Waals surface area contributed by atoms with Gasteiger partial charge in [0.05, 0.1) is 25.0 Å². The summed E-state index contributed by atoms with van der Waals surface area (Å²) in [6, 6.07) is 11.7. The number of amides is 1. The standard InChI is InChI=1S/C20H22N2O4/c1-14-19(15(2)26-22-14)10-20(23)21-11-16-5-3-6-17(9-16)12-24-13-18-7-4-8-25-18/h3-9H,10-13H2,1-2H3,(H,21,23). The summed E-state index contributed by atoms with van der Waals surface area (Å²) in [5.41, 5.74) is 3.68. The van der Waals surface area contributed by atoms with E-state index in [1.165, 1.54) is 0 Å². The van der Waals surface area contributed by atoms with Crippen molar-refractivity contribution in [1.82, 2.24) is 10.5 Å². The van der Waals surface area contributed by atoms with Crippen LogP contribution >= 0.6 is 0 Å². The molecule has 0 aliphatic heterocycles. The maximum Gasteiger partial charge on any atom is 0.224 e. The summed E-state index contributed by atoms with van der Waals surface area (Å²) < 4.78 is 16.0. The molecule has 0 unspecified atom stereocenters. The highest BCUT2D eigenvalue weighted by Crippen LogP contribution is 2.13. The highest BCUT2D eigenvalue weighted by atomic mass is 16.5. The van der Waals surface area contributed by atoms with Crippen LogP contribution in [0.25, 0.3) is 0 Å². The Morgan fingerprint density at radius 1 is 1.15 bits per heavy atom. The number of ether oxygens (including phenoxy) is 1. The lowest BCUT2D eigenvalue weighted by atomic mass is 10.1. The quantitative estimate of drug-likeness (QED) is 0.670. The van der Waals surface area contributed by atoms with Crippen LogP contribution in [0.2, 0.25) is 0 Å². The van der Waals surface area contributed by atoms with Gasteiger partial charge >= 0.3 is 0 Å². The minimum absolute atomic E-state index is 0.0566. The molecule has 1 aromatic carbocycles. The topological polar surface area (TPSA) is 77.5 Å². The first-order chi connectivity index (χ1) is 12.6. The predicted octanol–water partition coefficient (Wildman–Crippen LogP) is 3.46. The minimum Gasteiger partial charge on any atom is -0.467 e. The van der Waals surface area contributed by atoms with Crippen molar-refractivity contribution in [3.8, 4) is 0 Å². The third-order valence-electron chi connectivity index (χ3n) is 4.09. The number of aryl methyl sites for hydroxylation is 2. The zero-order valence-corrected chi connectivity index (χ0v) is 15.0. The van der Waals surface area contributed by atoms with Gasteiger partial charge in [-0.15, -0.1) is 0 Å². The van der Waals surface area contributed by atoms with Crippen LogP contribution in [0.5, 0.6) is 0 Å². The van der Waals surface area contributed by atoms with Gasteiger partial charge in [-0.25, -0.2) is 0 Å². The van der Waals surface area contributed by atoms with Gasteiger partial charge in [0.25, 0.3) is 0 Å². The first-order valence-electron chi connectivity index (χ1n) is 8.48. The number of nitrogens with zero attached hydrogens (tertiary/aromatic N) is 1. The molecule has 3 aromatic rings. The summed E-state index contributed by atoms with van der Waals surface area (Å²) in [5, 5.41) is 6.80. The lowest BCUT2D eigenvalue weighted by molar-refractivity contribution is -0.120. The molecule has 1 amide bonds. The summed E-state index contributed by atoms with van der Waals surface area (Å²) in [7, 11) is 0. The highest BCUT2D eigenvalue weighted by molar-refractivity contribution is 5.79. The highest BCUT2D eigenvalue weighted by Gasteiger charge is 2.13. The van der Waals surface area contributed by atoms with Gasteiger partial charge in [0.15, 0.2) is 0 Å². The summed E-state index contributed by atoms with van der Waals surface area (Å²) >= 11 is 0. The van der Waals surface area contributed by atoms with Crippen LogP contribution < -0.4 is 5.32 Å². The van der Waals surface area contributed by atoms with Crippen molar-refractivity contribution in [1.29, 1.82) is 0 Å². The number of aromatic nitrogens is 1. The SMILES string of the molecule is Cc1noc(C)c1CC(=O)NCc1cccc(COCc2ccco2)c1. The molecule has 0 saturated heterocycles. The van der Waals surface area contributed by atoms with Crippen LogP contribution in [-0.2, 0) is 35.7 Å². The number of nitrogens with one attached hydrogen (secondary N) is 1. The van der Waals surface area contributed by atoms with Crippen molar-refractivity contribution in [2.45, 2.75) is 40.0 Å². The molecule has 0 aliphatic rings. The lowest BCUT2D eigenvalue weighted by Gasteiger charge is -2.08. The van der Waals surface area contributed by atoms with Crippen molar-refractivity contribution in [2.24, 2.45) is 0 Å². The first-order valence-corrected chi connectivity index (χ1v) is 8.48. The van der Waals surface area contributed by atoms with Gasteiger partial charge in [0.2, 0.25) is 5.91 Å². The molecule has 0 saturated carbocycles. The molecule has 3 rings (SSSR count). The van der Waals surface area contributed by atoms with E-state index in [9.17, 15) is 4.79 Å². The van der Waals surface area contributed by atoms with E-state index in [-0.39, 0.29) is 12.3 Å². The Morgan fingerprint density at radius 2 is 2.00 bits per heavy atom. The van der Waals surface area contributed by atoms with Crippen LogP contribution in [0.1, 0.15) is 33.9 Å². The van der Waals surface area contributed by atoms with Crippen molar-refractivity contribution < 1.29 is 18.5 Å². The van der Waals surface area contributed by atoms with Crippen LogP contribution in [-0.4, -0.2) is 11.1 Å². The van der Waals surface area contributed by atoms with Gasteiger partial charge in [0, 0.05) is 12.1 Å². The monoisotopic (exact) mass is 354 g/mol. The van der Waals surface area contributed by atoms with E-state index in [0.717, 1.165) is 28.1 Å². The van der Waals surface area contributed by atoms with E-state index >= 15 is 0 Å². The number of carbonyl (C=O) groups excluding carboxylic acids is 1. The van der Waals surface area contributed by atoms with Crippen molar-refractivity contribution in [3.05, 3.63) is 76.6 Å². The third kappa shape index (κ3) is 4.83. The summed E-state index contributed by atoms with van der Waals surface area (Å²) in [6.45, 7) is 5.04. The normalized spacial score (nSPS) is 10.8. The third-order valence-corrected chi connectivity index (χ3v) is 4.09. The zero-order chi connectivity index (χ0) is 18.4. The van der Waals surface area contributed by atoms with E-state index in [2.05, 4.69) is 10.5 Å². The maximum atomic E-state index is 12.2. The van der Waals surface area contributed by atoms with E-state index < -0.39 is 0 Å². The molecule has 136 valence electrons. The zero-order valence-electron chi connectivity index (χ0n) is 15.0. The fourth-order valence-electron chi connectivity index (χ4n) is 2.67. The Hall–Kier alpha value is -2.86. The second-order valence-corrected chi connectivity index (χ2v) is 6.15. The van der Waals surface area contributed by atoms with Crippen molar-refractivity contribution in [2.75, 3.05) is 0 Å². The molecule has 2 aromatic heterocycles. The number of hydrogen-bond donors (Lipinski definition) is 1. The molecule has 0 bridgehead atoms. The maximum absolute atomic E-state index is 12.2. The smallest absolute Gasteiger partial charge is 0.224 e. The number of furan rings is 1. The van der Waals surface area contributed by atoms with Crippen molar-refractivity contribution in [3.63, 3.8) is 0 Å². The van der Waals surface area contributed by atoms with E-state index in [1.54, 1.807) is 6.26 Å². The van der Waals surface area contributed by atoms with Crippen LogP contribution in [0.15, 0.2) is 51.6 Å². The number of benzene rings is 1. The summed E-state index contributed by atoms with van der Waals surface area (Å²) in [6.07, 6.45) is 1.90. The molecule has 0 spiro atoms. The average molecular weight is 354 g/mol. The van der Waals surface area contributed by atoms with Gasteiger partial charge in [-0.1, -0.05) is 29.4 Å². The molecule has 0 fully saturated rings. The molecule has 2 heterocycles. The van der Waals surface area contributed by atoms with Gasteiger partial charge in [0.1, 0.15) is 18.1 Å². The fourth-order valence-corrected chi connectivity index (χ4v) is 2.67. The second kappa shape index (κ2) is 8.49. The van der Waals surface area contributed by atoms with Crippen LogP contribution in [0, 0.1) is 13.8 Å².